The van der Waals surface area contributed by atoms with E-state index in [9.17, 15) is 4.79 Å². The third-order valence-electron chi connectivity index (χ3n) is 8.58. The minimum Gasteiger partial charge on any atom is -0.307 e. The molecule has 4 saturated heterocycles. The number of nitrogens with one attached hydrogen (secondary N) is 1. The Morgan fingerprint density at radius 1 is 1.16 bits per heavy atom. The minimum atomic E-state index is -0.291. The monoisotopic (exact) mass is 414 g/mol. The number of nitrogens with zero attached hydrogens (tertiary/aromatic N) is 4. The Morgan fingerprint density at radius 2 is 2.03 bits per heavy atom. The maximum absolute atomic E-state index is 13.9. The molecule has 4 fully saturated rings. The largest absolute Gasteiger partial charge is 0.418 e. The van der Waals surface area contributed by atoms with E-state index in [4.69, 9.17) is 0 Å². The summed E-state index contributed by atoms with van der Waals surface area (Å²) in [6.45, 7) is 5.11. The topological polar surface area (TPSA) is 49.6 Å². The molecule has 1 N–H and O–H groups in total. The van der Waals surface area contributed by atoms with Gasteiger partial charge in [-0.25, -0.2) is 14.3 Å². The van der Waals surface area contributed by atoms with Crippen molar-refractivity contribution in [3.05, 3.63) is 71.7 Å². The molecule has 6 nitrogen and oxygen atoms in total. The highest BCUT2D eigenvalue weighted by molar-refractivity contribution is 5.73. The number of imidazole rings is 1. The van der Waals surface area contributed by atoms with Crippen LogP contribution >= 0.6 is 0 Å². The molecule has 2 aromatic heterocycles. The summed E-state index contributed by atoms with van der Waals surface area (Å²) in [5.41, 5.74) is 4.56. The first-order chi connectivity index (χ1) is 15.2. The first-order valence-electron chi connectivity index (χ1n) is 11.6. The van der Waals surface area contributed by atoms with Crippen LogP contribution in [0, 0.1) is 5.92 Å². The zero-order chi connectivity index (χ0) is 20.6. The lowest BCUT2D eigenvalue weighted by atomic mass is 9.83. The summed E-state index contributed by atoms with van der Waals surface area (Å²) in [6.07, 6.45) is 9.28. The van der Waals surface area contributed by atoms with Gasteiger partial charge in [0.15, 0.2) is 6.54 Å². The van der Waals surface area contributed by atoms with Gasteiger partial charge in [-0.05, 0) is 49.5 Å². The van der Waals surface area contributed by atoms with Gasteiger partial charge in [0.05, 0.1) is 6.54 Å². The third kappa shape index (κ3) is 2.35. The second kappa shape index (κ2) is 6.17. The van der Waals surface area contributed by atoms with Gasteiger partial charge in [-0.15, -0.1) is 0 Å². The number of amides is 2. The van der Waals surface area contributed by atoms with Gasteiger partial charge in [0.25, 0.3) is 0 Å². The fraction of sp³-hybridized carbons (Fsp3) is 0.440. The fourth-order valence-corrected chi connectivity index (χ4v) is 6.81. The van der Waals surface area contributed by atoms with Crippen LogP contribution in [0.15, 0.2) is 55.0 Å². The first-order valence-corrected chi connectivity index (χ1v) is 11.6. The number of pyridine rings is 1. The van der Waals surface area contributed by atoms with E-state index >= 15 is 0 Å². The summed E-state index contributed by atoms with van der Waals surface area (Å²) in [7, 11) is 0. The van der Waals surface area contributed by atoms with Crippen molar-refractivity contribution in [3.63, 3.8) is 0 Å². The molecule has 1 aromatic carbocycles. The third-order valence-corrected chi connectivity index (χ3v) is 8.58. The second-order valence-corrected chi connectivity index (χ2v) is 9.92. The van der Waals surface area contributed by atoms with Gasteiger partial charge in [-0.1, -0.05) is 24.3 Å². The van der Waals surface area contributed by atoms with E-state index in [0.29, 0.717) is 16.4 Å². The van der Waals surface area contributed by atoms with E-state index < -0.39 is 0 Å². The number of quaternary nitrogens is 1. The van der Waals surface area contributed by atoms with Crippen molar-refractivity contribution in [2.24, 2.45) is 5.92 Å². The highest BCUT2D eigenvalue weighted by Gasteiger charge is 2.77. The molecule has 1 unspecified atom stereocenters. The number of benzene rings is 1. The average Bonchev–Trinajstić information content (AvgIpc) is 3.34. The Morgan fingerprint density at radius 3 is 2.87 bits per heavy atom. The first kappa shape index (κ1) is 17.9. The van der Waals surface area contributed by atoms with E-state index in [1.165, 1.54) is 42.6 Å². The van der Waals surface area contributed by atoms with Gasteiger partial charge >= 0.3 is 6.03 Å². The Hall–Kier alpha value is -2.70. The van der Waals surface area contributed by atoms with E-state index in [1.54, 1.807) is 0 Å². The van der Waals surface area contributed by atoms with Crippen molar-refractivity contribution >= 4 is 11.7 Å². The van der Waals surface area contributed by atoms with E-state index in [-0.39, 0.29) is 11.6 Å². The number of fused-ring (bicyclic) bond motifs is 7. The lowest BCUT2D eigenvalue weighted by Gasteiger charge is -2.45. The van der Waals surface area contributed by atoms with Crippen LogP contribution in [0.5, 0.6) is 0 Å². The molecule has 158 valence electrons. The number of carbonyl (C=O) groups is 1. The summed E-state index contributed by atoms with van der Waals surface area (Å²) in [6, 6.07) is 13.6. The lowest BCUT2D eigenvalue weighted by molar-refractivity contribution is -0.748. The quantitative estimate of drug-likeness (QED) is 0.518. The fourth-order valence-electron chi connectivity index (χ4n) is 6.81. The maximum atomic E-state index is 13.9. The standard InChI is InChI=1S/C25H27N5O/c31-24(27-22-16-28-10-5-19(22)6-11-28)30-14-8-18-3-1-2-4-21(18)25(30,17-30)20-7-12-29-13-9-26-23(29)15-20/h1-4,7,9,12-13,15,19,22H,5-6,8,10-11,14,16-17H2/p+1/t22-,25+,30?/m1/s1. The van der Waals surface area contributed by atoms with Crippen LogP contribution in [0.3, 0.4) is 0 Å². The summed E-state index contributed by atoms with van der Waals surface area (Å²) in [4.78, 5) is 21.0. The highest BCUT2D eigenvalue weighted by Crippen LogP contribution is 2.59. The zero-order valence-electron chi connectivity index (χ0n) is 17.7. The molecule has 2 bridgehead atoms. The molecule has 0 aliphatic carbocycles. The number of carbonyl (C=O) groups excluding carboxylic acids is 1. The number of urea groups is 1. The van der Waals surface area contributed by atoms with E-state index in [2.05, 4.69) is 57.8 Å². The van der Waals surface area contributed by atoms with E-state index in [0.717, 1.165) is 31.7 Å². The van der Waals surface area contributed by atoms with Crippen LogP contribution in [-0.4, -0.2) is 63.6 Å². The van der Waals surface area contributed by atoms with Crippen molar-refractivity contribution in [2.45, 2.75) is 30.8 Å². The number of rotatable bonds is 2. The summed E-state index contributed by atoms with van der Waals surface area (Å²) < 4.78 is 2.54. The summed E-state index contributed by atoms with van der Waals surface area (Å²) >= 11 is 0. The molecular weight excluding hydrogens is 386 g/mol. The molecule has 5 aliphatic heterocycles. The predicted molar refractivity (Wildman–Crippen MR) is 118 cm³/mol. The number of piperidine rings is 3. The summed E-state index contributed by atoms with van der Waals surface area (Å²) in [5, 5.41) is 3.53. The van der Waals surface area contributed by atoms with Gasteiger partial charge in [0.1, 0.15) is 5.65 Å². The lowest BCUT2D eigenvalue weighted by Crippen LogP contribution is -2.61. The molecule has 0 radical (unpaired) electrons. The average molecular weight is 415 g/mol. The van der Waals surface area contributed by atoms with Crippen LogP contribution in [-0.2, 0) is 12.0 Å². The van der Waals surface area contributed by atoms with Gasteiger partial charge in [-0.3, -0.25) is 0 Å². The van der Waals surface area contributed by atoms with Crippen LogP contribution in [0.4, 0.5) is 4.79 Å². The molecule has 8 rings (SSSR count). The zero-order valence-corrected chi connectivity index (χ0v) is 17.7. The number of hydrogen-bond acceptors (Lipinski definition) is 3. The van der Waals surface area contributed by atoms with Crippen LogP contribution in [0.2, 0.25) is 0 Å². The van der Waals surface area contributed by atoms with Crippen LogP contribution < -0.4 is 5.32 Å². The molecule has 0 saturated carbocycles. The molecule has 7 heterocycles. The molecule has 0 spiro atoms. The Balaban J connectivity index is 1.30. The van der Waals surface area contributed by atoms with Crippen LogP contribution in [0.1, 0.15) is 29.5 Å². The molecule has 3 atom stereocenters. The molecule has 6 heteroatoms. The Bertz CT molecular complexity index is 1200. The van der Waals surface area contributed by atoms with Crippen molar-refractivity contribution in [1.29, 1.82) is 0 Å². The minimum absolute atomic E-state index is 0.219. The molecule has 2 amide bonds. The Labute approximate surface area is 182 Å². The van der Waals surface area contributed by atoms with Gasteiger partial charge < -0.3 is 14.6 Å². The van der Waals surface area contributed by atoms with Gasteiger partial charge in [0, 0.05) is 48.7 Å². The smallest absolute Gasteiger partial charge is 0.307 e. The van der Waals surface area contributed by atoms with Gasteiger partial charge in [-0.2, -0.15) is 0 Å². The maximum Gasteiger partial charge on any atom is 0.418 e. The Kier molecular flexibility index (Phi) is 3.57. The molecule has 31 heavy (non-hydrogen) atoms. The normalized spacial score (nSPS) is 35.4. The second-order valence-electron chi connectivity index (χ2n) is 9.92. The number of hydrogen-bond donors (Lipinski definition) is 1. The van der Waals surface area contributed by atoms with Gasteiger partial charge in [0.2, 0.25) is 5.54 Å². The van der Waals surface area contributed by atoms with Crippen LogP contribution in [0.25, 0.3) is 5.65 Å². The molecule has 5 aliphatic rings. The number of aromatic nitrogens is 2. The van der Waals surface area contributed by atoms with Crippen molar-refractivity contribution in [1.82, 2.24) is 19.6 Å². The van der Waals surface area contributed by atoms with Crippen molar-refractivity contribution < 1.29 is 9.28 Å². The highest BCUT2D eigenvalue weighted by atomic mass is 16.2. The predicted octanol–water partition coefficient (Wildman–Crippen LogP) is 2.77. The SMILES string of the molecule is O=C(N[C@@H]1CN2CCC1CC2)[N+]12CCc3ccccc3[C@@]1(c1ccn3ccnc3c1)C2. The molecule has 3 aromatic rings. The van der Waals surface area contributed by atoms with E-state index in [1.807, 2.05) is 16.8 Å². The molecular formula is C25H28N5O+. The summed E-state index contributed by atoms with van der Waals surface area (Å²) in [5.74, 6) is 0.639. The van der Waals surface area contributed by atoms with Crippen molar-refractivity contribution in [2.75, 3.05) is 32.7 Å². The van der Waals surface area contributed by atoms with Crippen molar-refractivity contribution in [3.8, 4) is 0 Å².